The van der Waals surface area contributed by atoms with Crippen molar-refractivity contribution in [1.82, 2.24) is 10.3 Å². The molecule has 1 saturated heterocycles. The van der Waals surface area contributed by atoms with Gasteiger partial charge in [-0.25, -0.2) is 4.98 Å². The number of aldehydes is 1. The molecule has 1 saturated carbocycles. The van der Waals surface area contributed by atoms with Crippen LogP contribution in [0.15, 0.2) is 12.3 Å². The lowest BCUT2D eigenvalue weighted by Crippen LogP contribution is -2.54. The van der Waals surface area contributed by atoms with Crippen LogP contribution in [-0.4, -0.2) is 49.0 Å². The largest absolute Gasteiger partial charge is 0.377 e. The van der Waals surface area contributed by atoms with E-state index >= 15 is 0 Å². The quantitative estimate of drug-likeness (QED) is 0.826. The second kappa shape index (κ2) is 5.81. The Hall–Kier alpha value is -1.95. The molecule has 3 rings (SSSR count). The molecule has 0 bridgehead atoms. The van der Waals surface area contributed by atoms with E-state index in [-0.39, 0.29) is 11.9 Å². The number of hydrogen-bond donors (Lipinski definition) is 1. The highest BCUT2D eigenvalue weighted by Crippen LogP contribution is 2.24. The first-order valence-corrected chi connectivity index (χ1v) is 7.25. The number of morpholine rings is 1. The summed E-state index contributed by atoms with van der Waals surface area (Å²) in [6, 6.07) is 1.76. The van der Waals surface area contributed by atoms with Crippen molar-refractivity contribution in [1.29, 1.82) is 0 Å². The van der Waals surface area contributed by atoms with Crippen LogP contribution in [0.3, 0.4) is 0 Å². The van der Waals surface area contributed by atoms with Crippen LogP contribution in [0.4, 0.5) is 5.82 Å². The SMILES string of the molecule is Cc1cc(C=O)cnc1N1CCOCC1C(=O)NC1CC1. The molecule has 1 amide bonds. The molecule has 1 unspecified atom stereocenters. The van der Waals surface area contributed by atoms with Crippen LogP contribution in [0.2, 0.25) is 0 Å². The van der Waals surface area contributed by atoms with Crippen molar-refractivity contribution < 1.29 is 14.3 Å². The molecule has 0 spiro atoms. The maximum absolute atomic E-state index is 12.3. The molecule has 112 valence electrons. The zero-order chi connectivity index (χ0) is 14.8. The van der Waals surface area contributed by atoms with Crippen LogP contribution in [0.5, 0.6) is 0 Å². The van der Waals surface area contributed by atoms with E-state index < -0.39 is 0 Å². The highest BCUT2D eigenvalue weighted by molar-refractivity contribution is 5.86. The fraction of sp³-hybridized carbons (Fsp3) is 0.533. The lowest BCUT2D eigenvalue weighted by molar-refractivity contribution is -0.124. The molecule has 1 aliphatic carbocycles. The second-order valence-electron chi connectivity index (χ2n) is 5.59. The first-order chi connectivity index (χ1) is 10.2. The van der Waals surface area contributed by atoms with Crippen LogP contribution in [0.1, 0.15) is 28.8 Å². The third kappa shape index (κ3) is 3.05. The monoisotopic (exact) mass is 289 g/mol. The Morgan fingerprint density at radius 3 is 3.00 bits per heavy atom. The van der Waals surface area contributed by atoms with Crippen molar-refractivity contribution in [2.75, 3.05) is 24.7 Å². The molecule has 6 nitrogen and oxygen atoms in total. The van der Waals surface area contributed by atoms with Crippen LogP contribution < -0.4 is 10.2 Å². The third-order valence-electron chi connectivity index (χ3n) is 3.83. The summed E-state index contributed by atoms with van der Waals surface area (Å²) in [7, 11) is 0. The zero-order valence-corrected chi connectivity index (χ0v) is 12.0. The summed E-state index contributed by atoms with van der Waals surface area (Å²) in [4.78, 5) is 29.5. The van der Waals surface area contributed by atoms with Gasteiger partial charge in [0.25, 0.3) is 0 Å². The summed E-state index contributed by atoms with van der Waals surface area (Å²) in [5.41, 5.74) is 1.44. The average Bonchev–Trinajstić information content (AvgIpc) is 3.31. The Morgan fingerprint density at radius 2 is 2.33 bits per heavy atom. The van der Waals surface area contributed by atoms with Gasteiger partial charge in [0.15, 0.2) is 6.29 Å². The normalized spacial score (nSPS) is 22.0. The molecular weight excluding hydrogens is 270 g/mol. The van der Waals surface area contributed by atoms with Crippen molar-refractivity contribution in [3.63, 3.8) is 0 Å². The van der Waals surface area contributed by atoms with E-state index in [1.165, 1.54) is 0 Å². The number of ether oxygens (including phenoxy) is 1. The van der Waals surface area contributed by atoms with Gasteiger partial charge in [-0.2, -0.15) is 0 Å². The molecular formula is C15H19N3O3. The minimum atomic E-state index is -0.354. The van der Waals surface area contributed by atoms with Gasteiger partial charge in [0.05, 0.1) is 13.2 Å². The Morgan fingerprint density at radius 1 is 1.52 bits per heavy atom. The first kappa shape index (κ1) is 14.0. The summed E-state index contributed by atoms with van der Waals surface area (Å²) < 4.78 is 5.46. The maximum atomic E-state index is 12.3. The molecule has 1 aromatic rings. The molecule has 1 aromatic heterocycles. The van der Waals surface area contributed by atoms with E-state index in [0.717, 1.165) is 30.5 Å². The number of hydrogen-bond acceptors (Lipinski definition) is 5. The summed E-state index contributed by atoms with van der Waals surface area (Å²) in [6.45, 7) is 3.47. The van der Waals surface area contributed by atoms with Crippen LogP contribution >= 0.6 is 0 Å². The number of nitrogens with one attached hydrogen (secondary N) is 1. The molecule has 21 heavy (non-hydrogen) atoms. The predicted molar refractivity (Wildman–Crippen MR) is 77.5 cm³/mol. The van der Waals surface area contributed by atoms with Crippen molar-refractivity contribution in [3.05, 3.63) is 23.4 Å². The Kier molecular flexibility index (Phi) is 3.88. The molecule has 0 aromatic carbocycles. The van der Waals surface area contributed by atoms with E-state index in [1.54, 1.807) is 12.3 Å². The van der Waals surface area contributed by atoms with Gasteiger partial charge in [0, 0.05) is 24.3 Å². The van der Waals surface area contributed by atoms with Gasteiger partial charge in [0.2, 0.25) is 5.91 Å². The topological polar surface area (TPSA) is 71.5 Å². The predicted octanol–water partition coefficient (Wildman–Crippen LogP) is 0.686. The van der Waals surface area contributed by atoms with Crippen LogP contribution in [0.25, 0.3) is 0 Å². The number of anilines is 1. The standard InChI is InChI=1S/C15H19N3O3/c1-10-6-11(8-19)7-16-14(10)18-4-5-21-9-13(18)15(20)17-12-2-3-12/h6-8,12-13H,2-5,9H2,1H3,(H,17,20). The van der Waals surface area contributed by atoms with Crippen LogP contribution in [0, 0.1) is 6.92 Å². The molecule has 2 aliphatic rings. The Bertz CT molecular complexity index is 557. The fourth-order valence-corrected chi connectivity index (χ4v) is 2.55. The lowest BCUT2D eigenvalue weighted by Gasteiger charge is -2.36. The van der Waals surface area contributed by atoms with E-state index in [2.05, 4.69) is 10.3 Å². The van der Waals surface area contributed by atoms with Gasteiger partial charge in [-0.3, -0.25) is 9.59 Å². The van der Waals surface area contributed by atoms with Gasteiger partial charge < -0.3 is 15.0 Å². The summed E-state index contributed by atoms with van der Waals surface area (Å²) in [5.74, 6) is 0.748. The summed E-state index contributed by atoms with van der Waals surface area (Å²) >= 11 is 0. The van der Waals surface area contributed by atoms with Crippen LogP contribution in [-0.2, 0) is 9.53 Å². The number of aryl methyl sites for hydroxylation is 1. The van der Waals surface area contributed by atoms with Gasteiger partial charge in [-0.05, 0) is 31.4 Å². The van der Waals surface area contributed by atoms with E-state index in [9.17, 15) is 9.59 Å². The lowest BCUT2D eigenvalue weighted by atomic mass is 10.1. The minimum Gasteiger partial charge on any atom is -0.377 e. The second-order valence-corrected chi connectivity index (χ2v) is 5.59. The molecule has 1 aliphatic heterocycles. The number of nitrogens with zero attached hydrogens (tertiary/aromatic N) is 2. The molecule has 1 atom stereocenters. The Labute approximate surface area is 123 Å². The van der Waals surface area contributed by atoms with Crippen molar-refractivity contribution in [2.45, 2.75) is 31.8 Å². The molecule has 2 fully saturated rings. The van der Waals surface area contributed by atoms with Gasteiger partial charge in [-0.15, -0.1) is 0 Å². The number of carbonyl (C=O) groups is 2. The highest BCUT2D eigenvalue weighted by Gasteiger charge is 2.34. The Balaban J connectivity index is 1.82. The van der Waals surface area contributed by atoms with Gasteiger partial charge in [0.1, 0.15) is 11.9 Å². The number of amides is 1. The zero-order valence-electron chi connectivity index (χ0n) is 12.0. The molecule has 0 radical (unpaired) electrons. The van der Waals surface area contributed by atoms with E-state index in [4.69, 9.17) is 4.74 Å². The smallest absolute Gasteiger partial charge is 0.245 e. The number of carbonyl (C=O) groups excluding carboxylic acids is 2. The fourth-order valence-electron chi connectivity index (χ4n) is 2.55. The van der Waals surface area contributed by atoms with Crippen molar-refractivity contribution in [2.24, 2.45) is 0 Å². The number of aromatic nitrogens is 1. The number of pyridine rings is 1. The van der Waals surface area contributed by atoms with E-state index in [0.29, 0.717) is 31.4 Å². The first-order valence-electron chi connectivity index (χ1n) is 7.25. The maximum Gasteiger partial charge on any atom is 0.245 e. The van der Waals surface area contributed by atoms with E-state index in [1.807, 2.05) is 11.8 Å². The highest BCUT2D eigenvalue weighted by atomic mass is 16.5. The molecule has 6 heteroatoms. The summed E-state index contributed by atoms with van der Waals surface area (Å²) in [6.07, 6.45) is 4.44. The average molecular weight is 289 g/mol. The van der Waals surface area contributed by atoms with Crippen molar-refractivity contribution in [3.8, 4) is 0 Å². The molecule has 1 N–H and O–H groups in total. The van der Waals surface area contributed by atoms with Gasteiger partial charge in [-0.1, -0.05) is 0 Å². The minimum absolute atomic E-state index is 0.00198. The van der Waals surface area contributed by atoms with Crippen molar-refractivity contribution >= 4 is 18.0 Å². The third-order valence-corrected chi connectivity index (χ3v) is 3.83. The van der Waals surface area contributed by atoms with Gasteiger partial charge >= 0.3 is 0 Å². The summed E-state index contributed by atoms with van der Waals surface area (Å²) in [5, 5.41) is 3.02. The number of rotatable bonds is 4. The molecule has 2 heterocycles.